The van der Waals surface area contributed by atoms with Crippen LogP contribution in [0, 0.1) is 6.92 Å². The number of nitrogens with zero attached hydrogens (tertiary/aromatic N) is 3. The van der Waals surface area contributed by atoms with Crippen molar-refractivity contribution in [1.82, 2.24) is 20.4 Å². The summed E-state index contributed by atoms with van der Waals surface area (Å²) in [5.74, 6) is 0.854. The molecule has 5 heteroatoms. The Morgan fingerprint density at radius 3 is 2.64 bits per heavy atom. The molecule has 2 aromatic rings. The fraction of sp³-hybridized carbons (Fsp3) is 0.412. The van der Waals surface area contributed by atoms with Crippen molar-refractivity contribution in [2.24, 2.45) is 4.99 Å². The molecule has 2 rings (SSSR count). The summed E-state index contributed by atoms with van der Waals surface area (Å²) in [4.78, 5) is 4.24. The number of guanidine groups is 1. The lowest BCUT2D eigenvalue weighted by Crippen LogP contribution is -2.39. The number of benzene rings is 1. The fourth-order valence-corrected chi connectivity index (χ4v) is 2.18. The van der Waals surface area contributed by atoms with Crippen molar-refractivity contribution in [1.29, 1.82) is 0 Å². The van der Waals surface area contributed by atoms with Gasteiger partial charge >= 0.3 is 0 Å². The molecule has 0 bridgehead atoms. The van der Waals surface area contributed by atoms with Crippen molar-refractivity contribution < 1.29 is 0 Å². The summed E-state index contributed by atoms with van der Waals surface area (Å²) in [5.41, 5.74) is 2.64. The predicted octanol–water partition coefficient (Wildman–Crippen LogP) is 1.99. The van der Waals surface area contributed by atoms with Crippen LogP contribution in [0.4, 0.5) is 0 Å². The first-order valence-electron chi connectivity index (χ1n) is 7.75. The van der Waals surface area contributed by atoms with E-state index in [4.69, 9.17) is 0 Å². The van der Waals surface area contributed by atoms with E-state index in [9.17, 15) is 0 Å². The van der Waals surface area contributed by atoms with Crippen molar-refractivity contribution in [3.05, 3.63) is 53.9 Å². The van der Waals surface area contributed by atoms with Crippen LogP contribution in [0.5, 0.6) is 0 Å². The van der Waals surface area contributed by atoms with Gasteiger partial charge in [-0.05, 0) is 31.4 Å². The van der Waals surface area contributed by atoms with Crippen LogP contribution in [-0.2, 0) is 13.0 Å². The first kappa shape index (κ1) is 16.1. The van der Waals surface area contributed by atoms with E-state index in [1.54, 1.807) is 13.2 Å². The van der Waals surface area contributed by atoms with E-state index < -0.39 is 0 Å². The second-order valence-electron chi connectivity index (χ2n) is 5.28. The Kier molecular flexibility index (Phi) is 6.48. The van der Waals surface area contributed by atoms with E-state index in [1.165, 1.54) is 11.1 Å². The molecule has 0 spiro atoms. The van der Waals surface area contributed by atoms with Gasteiger partial charge in [0.2, 0.25) is 0 Å². The largest absolute Gasteiger partial charge is 0.356 e. The van der Waals surface area contributed by atoms with Crippen molar-refractivity contribution in [3.63, 3.8) is 0 Å². The van der Waals surface area contributed by atoms with Gasteiger partial charge in [-0.15, -0.1) is 0 Å². The Morgan fingerprint density at radius 1 is 1.18 bits per heavy atom. The van der Waals surface area contributed by atoms with E-state index in [2.05, 4.69) is 51.9 Å². The Balaban J connectivity index is 1.61. The van der Waals surface area contributed by atoms with Crippen LogP contribution in [0.25, 0.3) is 0 Å². The normalized spacial score (nSPS) is 11.5. The number of hydrogen-bond acceptors (Lipinski definition) is 2. The highest BCUT2D eigenvalue weighted by Crippen LogP contribution is 2.02. The van der Waals surface area contributed by atoms with Crippen LogP contribution in [-0.4, -0.2) is 35.9 Å². The maximum absolute atomic E-state index is 4.24. The van der Waals surface area contributed by atoms with E-state index in [0.717, 1.165) is 38.4 Å². The molecule has 22 heavy (non-hydrogen) atoms. The predicted molar refractivity (Wildman–Crippen MR) is 91.1 cm³/mol. The molecular weight excluding hydrogens is 274 g/mol. The summed E-state index contributed by atoms with van der Waals surface area (Å²) in [5, 5.41) is 10.9. The molecule has 118 valence electrons. The summed E-state index contributed by atoms with van der Waals surface area (Å²) >= 11 is 0. The minimum atomic E-state index is 0.854. The molecule has 1 aromatic heterocycles. The lowest BCUT2D eigenvalue weighted by molar-refractivity contribution is 0.570. The fourth-order valence-electron chi connectivity index (χ4n) is 2.18. The molecule has 0 saturated heterocycles. The monoisotopic (exact) mass is 299 g/mol. The zero-order chi connectivity index (χ0) is 15.6. The van der Waals surface area contributed by atoms with Crippen LogP contribution in [0.15, 0.2) is 47.7 Å². The smallest absolute Gasteiger partial charge is 0.190 e. The average molecular weight is 299 g/mol. The van der Waals surface area contributed by atoms with Crippen LogP contribution in [0.2, 0.25) is 0 Å². The summed E-state index contributed by atoms with van der Waals surface area (Å²) in [6, 6.07) is 10.6. The highest BCUT2D eigenvalue weighted by atomic mass is 15.3. The van der Waals surface area contributed by atoms with Gasteiger partial charge in [-0.1, -0.05) is 29.8 Å². The molecule has 0 amide bonds. The third-order valence-electron chi connectivity index (χ3n) is 3.47. The molecule has 2 N–H and O–H groups in total. The van der Waals surface area contributed by atoms with Crippen LogP contribution >= 0.6 is 0 Å². The highest BCUT2D eigenvalue weighted by Gasteiger charge is 1.98. The molecule has 1 heterocycles. The van der Waals surface area contributed by atoms with Gasteiger partial charge in [0.15, 0.2) is 5.96 Å². The molecule has 0 aliphatic heterocycles. The number of aryl methyl sites for hydroxylation is 2. The van der Waals surface area contributed by atoms with Gasteiger partial charge in [0.05, 0.1) is 0 Å². The zero-order valence-corrected chi connectivity index (χ0v) is 13.4. The van der Waals surface area contributed by atoms with E-state index in [1.807, 2.05) is 16.9 Å². The number of rotatable bonds is 7. The summed E-state index contributed by atoms with van der Waals surface area (Å²) in [7, 11) is 1.80. The lowest BCUT2D eigenvalue weighted by Gasteiger charge is -2.12. The summed E-state index contributed by atoms with van der Waals surface area (Å²) in [6.45, 7) is 4.78. The minimum Gasteiger partial charge on any atom is -0.356 e. The van der Waals surface area contributed by atoms with Crippen molar-refractivity contribution in [3.8, 4) is 0 Å². The van der Waals surface area contributed by atoms with Crippen LogP contribution < -0.4 is 10.6 Å². The summed E-state index contributed by atoms with van der Waals surface area (Å²) in [6.07, 6.45) is 5.79. The molecule has 0 saturated carbocycles. The molecule has 5 nitrogen and oxygen atoms in total. The molecule has 0 radical (unpaired) electrons. The Bertz CT molecular complexity index is 557. The Morgan fingerprint density at radius 2 is 1.95 bits per heavy atom. The van der Waals surface area contributed by atoms with Crippen LogP contribution in [0.1, 0.15) is 17.5 Å². The van der Waals surface area contributed by atoms with E-state index in [-0.39, 0.29) is 0 Å². The van der Waals surface area contributed by atoms with Crippen molar-refractivity contribution in [2.45, 2.75) is 26.3 Å². The molecular formula is C17H25N5. The van der Waals surface area contributed by atoms with Gasteiger partial charge in [0, 0.05) is 39.1 Å². The topological polar surface area (TPSA) is 54.2 Å². The maximum Gasteiger partial charge on any atom is 0.190 e. The van der Waals surface area contributed by atoms with Gasteiger partial charge in [-0.25, -0.2) is 0 Å². The average Bonchev–Trinajstić information content (AvgIpc) is 3.05. The Labute approximate surface area is 132 Å². The van der Waals surface area contributed by atoms with Crippen molar-refractivity contribution >= 4 is 5.96 Å². The SMILES string of the molecule is CN=C(NCCCn1cccn1)NCCc1ccc(C)cc1. The summed E-state index contributed by atoms with van der Waals surface area (Å²) < 4.78 is 1.94. The second-order valence-corrected chi connectivity index (χ2v) is 5.28. The standard InChI is InChI=1S/C17H25N5/c1-15-5-7-16(8-6-15)9-12-20-17(18-2)19-10-3-13-22-14-4-11-21-22/h4-8,11,14H,3,9-10,12-13H2,1-2H3,(H2,18,19,20). The molecule has 0 unspecified atom stereocenters. The number of aromatic nitrogens is 2. The number of nitrogens with one attached hydrogen (secondary N) is 2. The number of aliphatic imine (C=N–C) groups is 1. The Hall–Kier alpha value is -2.30. The second kappa shape index (κ2) is 8.87. The molecule has 0 fully saturated rings. The van der Waals surface area contributed by atoms with Gasteiger partial charge in [0.1, 0.15) is 0 Å². The zero-order valence-electron chi connectivity index (χ0n) is 13.4. The molecule has 1 aromatic carbocycles. The van der Waals surface area contributed by atoms with Crippen molar-refractivity contribution in [2.75, 3.05) is 20.1 Å². The first-order chi connectivity index (χ1) is 10.8. The van der Waals surface area contributed by atoms with E-state index >= 15 is 0 Å². The van der Waals surface area contributed by atoms with Crippen LogP contribution in [0.3, 0.4) is 0 Å². The minimum absolute atomic E-state index is 0.854. The quantitative estimate of drug-likeness (QED) is 0.467. The molecule has 0 aliphatic carbocycles. The highest BCUT2D eigenvalue weighted by molar-refractivity contribution is 5.79. The first-order valence-corrected chi connectivity index (χ1v) is 7.75. The van der Waals surface area contributed by atoms with Gasteiger partial charge in [0.25, 0.3) is 0 Å². The van der Waals surface area contributed by atoms with Gasteiger partial charge in [-0.3, -0.25) is 9.67 Å². The van der Waals surface area contributed by atoms with Gasteiger partial charge < -0.3 is 10.6 Å². The molecule has 0 atom stereocenters. The third-order valence-corrected chi connectivity index (χ3v) is 3.47. The number of hydrogen-bond donors (Lipinski definition) is 2. The van der Waals surface area contributed by atoms with E-state index in [0.29, 0.717) is 0 Å². The molecule has 0 aliphatic rings. The lowest BCUT2D eigenvalue weighted by atomic mass is 10.1. The maximum atomic E-state index is 4.24. The van der Waals surface area contributed by atoms with Gasteiger partial charge in [-0.2, -0.15) is 5.10 Å². The third kappa shape index (κ3) is 5.60.